The monoisotopic (exact) mass is 439 g/mol. The molecule has 162 valence electrons. The molecule has 3 rings (SSSR count). The van der Waals surface area contributed by atoms with Crippen LogP contribution in [0.2, 0.25) is 0 Å². The van der Waals surface area contributed by atoms with Crippen molar-refractivity contribution < 1.29 is 27.1 Å². The van der Waals surface area contributed by atoms with Crippen molar-refractivity contribution in [2.75, 3.05) is 42.3 Å². The fourth-order valence-corrected chi connectivity index (χ4v) is 4.48. The van der Waals surface area contributed by atoms with Crippen molar-refractivity contribution in [3.8, 4) is 0 Å². The van der Waals surface area contributed by atoms with Crippen molar-refractivity contribution >= 4 is 27.4 Å². The van der Waals surface area contributed by atoms with Gasteiger partial charge in [0.25, 0.3) is 10.0 Å². The number of nitrogens with one attached hydrogen (secondary N) is 1. The van der Waals surface area contributed by atoms with Crippen molar-refractivity contribution in [1.29, 1.82) is 0 Å². The van der Waals surface area contributed by atoms with Gasteiger partial charge in [0.2, 0.25) is 0 Å². The van der Waals surface area contributed by atoms with Gasteiger partial charge in [0, 0.05) is 26.2 Å². The Morgan fingerprint density at radius 2 is 1.77 bits per heavy atom. The highest BCUT2D eigenvalue weighted by atomic mass is 32.2. The molecule has 0 aliphatic carbocycles. The second kappa shape index (κ2) is 8.97. The van der Waals surface area contributed by atoms with Crippen molar-refractivity contribution in [1.82, 2.24) is 4.90 Å². The Hall–Kier alpha value is -2.72. The Morgan fingerprint density at radius 3 is 2.37 bits per heavy atom. The molecule has 0 radical (unpaired) electrons. The number of rotatable bonds is 7. The van der Waals surface area contributed by atoms with Crippen LogP contribution in [0, 0.1) is 11.6 Å². The molecule has 2 N–H and O–H groups in total. The number of piperazine rings is 1. The summed E-state index contributed by atoms with van der Waals surface area (Å²) >= 11 is 0. The number of hydrogen-bond donors (Lipinski definition) is 2. The highest BCUT2D eigenvalue weighted by Gasteiger charge is 2.23. The van der Waals surface area contributed by atoms with Crippen LogP contribution in [-0.4, -0.2) is 57.1 Å². The number of hydrogen-bond acceptors (Lipinski definition) is 5. The average Bonchev–Trinajstić information content (AvgIpc) is 2.70. The van der Waals surface area contributed by atoms with Crippen molar-refractivity contribution in [2.45, 2.75) is 18.2 Å². The first-order valence-electron chi connectivity index (χ1n) is 9.54. The molecular formula is C20H23F2N3O4S. The number of carboxylic acid groups (broad SMARTS) is 1. The molecule has 2 aromatic rings. The van der Waals surface area contributed by atoms with E-state index in [1.165, 1.54) is 12.1 Å². The zero-order valence-electron chi connectivity index (χ0n) is 16.4. The zero-order chi connectivity index (χ0) is 21.9. The van der Waals surface area contributed by atoms with Crippen LogP contribution >= 0.6 is 0 Å². The number of halogens is 2. The van der Waals surface area contributed by atoms with E-state index < -0.39 is 32.5 Å². The smallest absolute Gasteiger partial charge is 0.335 e. The molecular weight excluding hydrogens is 416 g/mol. The number of carboxylic acids is 1. The third-order valence-corrected chi connectivity index (χ3v) is 6.31. The lowest BCUT2D eigenvalue weighted by Crippen LogP contribution is -2.46. The van der Waals surface area contributed by atoms with E-state index >= 15 is 0 Å². The fraction of sp³-hybridized carbons (Fsp3) is 0.350. The molecule has 0 unspecified atom stereocenters. The Labute approximate surface area is 174 Å². The predicted molar refractivity (Wildman–Crippen MR) is 110 cm³/mol. The molecule has 30 heavy (non-hydrogen) atoms. The van der Waals surface area contributed by atoms with Crippen LogP contribution in [0.15, 0.2) is 41.3 Å². The number of sulfonamides is 1. The van der Waals surface area contributed by atoms with Gasteiger partial charge in [-0.1, -0.05) is 6.92 Å². The molecule has 0 atom stereocenters. The Kier molecular flexibility index (Phi) is 6.57. The second-order valence-electron chi connectivity index (χ2n) is 7.05. The van der Waals surface area contributed by atoms with Gasteiger partial charge in [0.05, 0.1) is 21.8 Å². The summed E-state index contributed by atoms with van der Waals surface area (Å²) in [6, 6.07) is 6.46. The molecule has 0 spiro atoms. The molecule has 0 amide bonds. The Balaban J connectivity index is 1.93. The molecule has 1 fully saturated rings. The van der Waals surface area contributed by atoms with Crippen LogP contribution in [0.5, 0.6) is 0 Å². The number of benzene rings is 2. The summed E-state index contributed by atoms with van der Waals surface area (Å²) in [4.78, 5) is 15.2. The summed E-state index contributed by atoms with van der Waals surface area (Å²) in [6.45, 7) is 5.95. The van der Waals surface area contributed by atoms with Gasteiger partial charge in [-0.3, -0.25) is 9.62 Å². The standard InChI is InChI=1S/C20H23F2N3O4S/c1-2-7-24-8-10-25(11-9-24)19-6-3-14(20(26)27)12-18(19)23-30(28,29)15-4-5-16(21)17(22)13-15/h3-6,12-13,23H,2,7-11H2,1H3,(H,26,27). The number of aromatic carboxylic acids is 1. The third kappa shape index (κ3) is 4.88. The second-order valence-corrected chi connectivity index (χ2v) is 8.73. The minimum absolute atomic E-state index is 0.0728. The van der Waals surface area contributed by atoms with Crippen molar-refractivity contribution in [3.63, 3.8) is 0 Å². The van der Waals surface area contributed by atoms with E-state index in [9.17, 15) is 27.1 Å². The summed E-state index contributed by atoms with van der Waals surface area (Å²) in [7, 11) is -4.26. The predicted octanol–water partition coefficient (Wildman–Crippen LogP) is 3.00. The normalized spacial score (nSPS) is 15.2. The molecule has 7 nitrogen and oxygen atoms in total. The van der Waals surface area contributed by atoms with E-state index in [1.54, 1.807) is 6.07 Å². The minimum atomic E-state index is -4.26. The highest BCUT2D eigenvalue weighted by Crippen LogP contribution is 2.31. The van der Waals surface area contributed by atoms with Crippen LogP contribution in [0.25, 0.3) is 0 Å². The van der Waals surface area contributed by atoms with Gasteiger partial charge >= 0.3 is 5.97 Å². The van der Waals surface area contributed by atoms with Crippen LogP contribution in [0.4, 0.5) is 20.2 Å². The van der Waals surface area contributed by atoms with Crippen LogP contribution in [-0.2, 0) is 10.0 Å². The quantitative estimate of drug-likeness (QED) is 0.690. The first-order chi connectivity index (χ1) is 14.2. The van der Waals surface area contributed by atoms with Gasteiger partial charge in [-0.15, -0.1) is 0 Å². The van der Waals surface area contributed by atoms with Gasteiger partial charge in [-0.05, 0) is 49.4 Å². The number of nitrogens with zero attached hydrogens (tertiary/aromatic N) is 2. The van der Waals surface area contributed by atoms with E-state index in [0.29, 0.717) is 24.8 Å². The van der Waals surface area contributed by atoms with Crippen LogP contribution in [0.3, 0.4) is 0 Å². The van der Waals surface area contributed by atoms with E-state index in [0.717, 1.165) is 38.2 Å². The SMILES string of the molecule is CCCN1CCN(c2ccc(C(=O)O)cc2NS(=O)(=O)c2ccc(F)c(F)c2)CC1. The topological polar surface area (TPSA) is 89.9 Å². The van der Waals surface area contributed by atoms with E-state index in [1.807, 2.05) is 4.90 Å². The summed E-state index contributed by atoms with van der Waals surface area (Å²) in [5, 5.41) is 9.30. The molecule has 1 aliphatic heterocycles. The number of anilines is 2. The number of carbonyl (C=O) groups is 1. The molecule has 1 aliphatic rings. The van der Waals surface area contributed by atoms with Crippen molar-refractivity contribution in [3.05, 3.63) is 53.6 Å². The lowest BCUT2D eigenvalue weighted by molar-refractivity contribution is 0.0697. The lowest BCUT2D eigenvalue weighted by Gasteiger charge is -2.37. The Morgan fingerprint density at radius 1 is 1.07 bits per heavy atom. The molecule has 0 bridgehead atoms. The third-order valence-electron chi connectivity index (χ3n) is 4.94. The Bertz CT molecular complexity index is 1040. The molecule has 2 aromatic carbocycles. The molecule has 0 saturated carbocycles. The first kappa shape index (κ1) is 22.0. The van der Waals surface area contributed by atoms with Gasteiger partial charge in [0.1, 0.15) is 0 Å². The molecule has 0 aromatic heterocycles. The van der Waals surface area contributed by atoms with Gasteiger partial charge in [-0.2, -0.15) is 0 Å². The van der Waals surface area contributed by atoms with Gasteiger partial charge < -0.3 is 10.0 Å². The van der Waals surface area contributed by atoms with Crippen LogP contribution in [0.1, 0.15) is 23.7 Å². The van der Waals surface area contributed by atoms with Gasteiger partial charge in [-0.25, -0.2) is 22.0 Å². The van der Waals surface area contributed by atoms with E-state index in [-0.39, 0.29) is 11.3 Å². The summed E-state index contributed by atoms with van der Waals surface area (Å²) in [5.74, 6) is -3.65. The highest BCUT2D eigenvalue weighted by molar-refractivity contribution is 7.92. The maximum absolute atomic E-state index is 13.5. The summed E-state index contributed by atoms with van der Waals surface area (Å²) in [5.41, 5.74) is 0.511. The van der Waals surface area contributed by atoms with E-state index in [4.69, 9.17) is 0 Å². The largest absolute Gasteiger partial charge is 0.478 e. The molecule has 10 heteroatoms. The summed E-state index contributed by atoms with van der Waals surface area (Å²) in [6.07, 6.45) is 1.03. The summed E-state index contributed by atoms with van der Waals surface area (Å²) < 4.78 is 54.5. The fourth-order valence-electron chi connectivity index (χ4n) is 3.40. The first-order valence-corrected chi connectivity index (χ1v) is 11.0. The average molecular weight is 439 g/mol. The minimum Gasteiger partial charge on any atom is -0.478 e. The van der Waals surface area contributed by atoms with Gasteiger partial charge in [0.15, 0.2) is 11.6 Å². The maximum atomic E-state index is 13.5. The van der Waals surface area contributed by atoms with Crippen LogP contribution < -0.4 is 9.62 Å². The maximum Gasteiger partial charge on any atom is 0.335 e. The molecule has 1 saturated heterocycles. The zero-order valence-corrected chi connectivity index (χ0v) is 17.3. The molecule has 1 heterocycles. The lowest BCUT2D eigenvalue weighted by atomic mass is 10.1. The van der Waals surface area contributed by atoms with Crippen molar-refractivity contribution in [2.24, 2.45) is 0 Å². The van der Waals surface area contributed by atoms with E-state index in [2.05, 4.69) is 16.5 Å².